The molecule has 10 nitrogen and oxygen atoms in total. The predicted molar refractivity (Wildman–Crippen MR) is 115 cm³/mol. The van der Waals surface area contributed by atoms with E-state index in [1.54, 1.807) is 29.8 Å². The van der Waals surface area contributed by atoms with Crippen molar-refractivity contribution in [3.63, 3.8) is 0 Å². The Hall–Kier alpha value is -3.53. The third kappa shape index (κ3) is 4.54. The van der Waals surface area contributed by atoms with Crippen LogP contribution < -0.4 is 5.32 Å². The molecule has 1 saturated heterocycles. The molecule has 0 bridgehead atoms. The predicted octanol–water partition coefficient (Wildman–Crippen LogP) is 2.10. The molecule has 0 radical (unpaired) electrons. The Morgan fingerprint density at radius 3 is 2.88 bits per heavy atom. The molecule has 2 aromatic heterocycles. The molecule has 1 aromatic carbocycles. The second kappa shape index (κ2) is 9.73. The lowest BCUT2D eigenvalue weighted by atomic mass is 10.0. The highest BCUT2D eigenvalue weighted by Gasteiger charge is 2.31. The van der Waals surface area contributed by atoms with Crippen LogP contribution in [-0.2, 0) is 4.74 Å². The molecule has 1 aliphatic heterocycles. The van der Waals surface area contributed by atoms with E-state index >= 15 is 0 Å². The summed E-state index contributed by atoms with van der Waals surface area (Å²) in [5, 5.41) is 15.0. The highest BCUT2D eigenvalue weighted by atomic mass is 16.5. The fraction of sp³-hybridized carbons (Fsp3) is 0.409. The number of amides is 2. The molecular formula is C22H26N6O4. The van der Waals surface area contributed by atoms with E-state index in [-0.39, 0.29) is 23.6 Å². The number of aromatic nitrogens is 4. The summed E-state index contributed by atoms with van der Waals surface area (Å²) in [5.41, 5.74) is 2.10. The van der Waals surface area contributed by atoms with Gasteiger partial charge in [0.05, 0.1) is 18.8 Å². The summed E-state index contributed by atoms with van der Waals surface area (Å²) in [6, 6.07) is 9.46. The van der Waals surface area contributed by atoms with Crippen LogP contribution in [0.1, 0.15) is 45.5 Å². The van der Waals surface area contributed by atoms with E-state index in [0.717, 1.165) is 18.4 Å². The normalized spacial score (nSPS) is 16.2. The SMILES string of the molecule is COCCNC(=O)c1cn(C2CCCN(C(=O)c3c(-c4ccccc4)noc3C)C2)nn1. The Kier molecular flexibility index (Phi) is 6.60. The van der Waals surface area contributed by atoms with Crippen LogP contribution in [0.15, 0.2) is 41.1 Å². The van der Waals surface area contributed by atoms with Gasteiger partial charge in [0.25, 0.3) is 11.8 Å². The Bertz CT molecular complexity index is 1080. The molecular weight excluding hydrogens is 412 g/mol. The standard InChI is InChI=1S/C22H26N6O4/c1-15-19(20(25-32-15)16-7-4-3-5-8-16)22(30)27-11-6-9-17(13-27)28-14-18(24-26-28)21(29)23-10-12-31-2/h3-5,7-8,14,17H,6,9-13H2,1-2H3,(H,23,29). The number of aryl methyl sites for hydroxylation is 1. The molecule has 2 amide bonds. The Labute approximate surface area is 185 Å². The van der Waals surface area contributed by atoms with Crippen LogP contribution in [0.3, 0.4) is 0 Å². The summed E-state index contributed by atoms with van der Waals surface area (Å²) in [6.07, 6.45) is 3.28. The maximum absolute atomic E-state index is 13.4. The minimum atomic E-state index is -0.301. The van der Waals surface area contributed by atoms with E-state index in [2.05, 4.69) is 20.8 Å². The van der Waals surface area contributed by atoms with Gasteiger partial charge in [-0.05, 0) is 19.8 Å². The molecule has 1 unspecified atom stereocenters. The maximum Gasteiger partial charge on any atom is 0.273 e. The van der Waals surface area contributed by atoms with Gasteiger partial charge in [-0.3, -0.25) is 9.59 Å². The number of hydrogen-bond donors (Lipinski definition) is 1. The van der Waals surface area contributed by atoms with Crippen molar-refractivity contribution in [2.24, 2.45) is 0 Å². The Morgan fingerprint density at radius 2 is 2.09 bits per heavy atom. The molecule has 1 aliphatic rings. The summed E-state index contributed by atoms with van der Waals surface area (Å²) in [5.74, 6) is 0.0707. The van der Waals surface area contributed by atoms with Crippen LogP contribution in [0, 0.1) is 6.92 Å². The average molecular weight is 438 g/mol. The van der Waals surface area contributed by atoms with Crippen molar-refractivity contribution in [1.29, 1.82) is 0 Å². The average Bonchev–Trinajstić information content (AvgIpc) is 3.47. The van der Waals surface area contributed by atoms with E-state index in [9.17, 15) is 9.59 Å². The van der Waals surface area contributed by atoms with E-state index in [0.29, 0.717) is 43.3 Å². The fourth-order valence-electron chi connectivity index (χ4n) is 3.85. The van der Waals surface area contributed by atoms with Crippen molar-refractivity contribution in [2.75, 3.05) is 33.4 Å². The second-order valence-electron chi connectivity index (χ2n) is 7.71. The first-order valence-corrected chi connectivity index (χ1v) is 10.6. The number of likely N-dealkylation sites (tertiary alicyclic amines) is 1. The van der Waals surface area contributed by atoms with Crippen molar-refractivity contribution >= 4 is 11.8 Å². The highest BCUT2D eigenvalue weighted by molar-refractivity contribution is 6.00. The lowest BCUT2D eigenvalue weighted by Gasteiger charge is -2.32. The smallest absolute Gasteiger partial charge is 0.273 e. The van der Waals surface area contributed by atoms with Gasteiger partial charge >= 0.3 is 0 Å². The number of rotatable bonds is 7. The van der Waals surface area contributed by atoms with Gasteiger partial charge in [0.2, 0.25) is 0 Å². The summed E-state index contributed by atoms with van der Waals surface area (Å²) >= 11 is 0. The molecule has 32 heavy (non-hydrogen) atoms. The van der Waals surface area contributed by atoms with Gasteiger partial charge < -0.3 is 19.5 Å². The van der Waals surface area contributed by atoms with Crippen molar-refractivity contribution < 1.29 is 18.8 Å². The van der Waals surface area contributed by atoms with Crippen LogP contribution in [0.25, 0.3) is 11.3 Å². The van der Waals surface area contributed by atoms with Crippen LogP contribution in [0.2, 0.25) is 0 Å². The number of methoxy groups -OCH3 is 1. The number of carbonyl (C=O) groups excluding carboxylic acids is 2. The summed E-state index contributed by atoms with van der Waals surface area (Å²) < 4.78 is 12.0. The van der Waals surface area contributed by atoms with Crippen molar-refractivity contribution in [1.82, 2.24) is 30.4 Å². The first-order chi connectivity index (χ1) is 15.6. The summed E-state index contributed by atoms with van der Waals surface area (Å²) in [4.78, 5) is 27.4. The Balaban J connectivity index is 1.48. The molecule has 3 heterocycles. The van der Waals surface area contributed by atoms with E-state index in [4.69, 9.17) is 9.26 Å². The molecule has 1 atom stereocenters. The fourth-order valence-corrected chi connectivity index (χ4v) is 3.85. The number of ether oxygens (including phenoxy) is 1. The van der Waals surface area contributed by atoms with Crippen molar-refractivity contribution in [3.05, 3.63) is 53.5 Å². The van der Waals surface area contributed by atoms with Crippen molar-refractivity contribution in [3.8, 4) is 11.3 Å². The minimum Gasteiger partial charge on any atom is -0.383 e. The number of nitrogens with zero attached hydrogens (tertiary/aromatic N) is 5. The number of benzene rings is 1. The number of hydrogen-bond acceptors (Lipinski definition) is 7. The van der Waals surface area contributed by atoms with Gasteiger partial charge in [-0.15, -0.1) is 5.10 Å². The summed E-state index contributed by atoms with van der Waals surface area (Å²) in [6.45, 7) is 3.67. The number of carbonyl (C=O) groups is 2. The first kappa shape index (κ1) is 21.7. The molecule has 1 fully saturated rings. The lowest BCUT2D eigenvalue weighted by Crippen LogP contribution is -2.41. The molecule has 10 heteroatoms. The molecule has 168 valence electrons. The second-order valence-corrected chi connectivity index (χ2v) is 7.71. The Morgan fingerprint density at radius 1 is 1.28 bits per heavy atom. The van der Waals surface area contributed by atoms with Crippen LogP contribution >= 0.6 is 0 Å². The molecule has 3 aromatic rings. The zero-order valence-electron chi connectivity index (χ0n) is 18.2. The van der Waals surface area contributed by atoms with Crippen LogP contribution in [-0.4, -0.2) is 70.2 Å². The molecule has 0 spiro atoms. The minimum absolute atomic E-state index is 0.0685. The largest absolute Gasteiger partial charge is 0.383 e. The first-order valence-electron chi connectivity index (χ1n) is 10.6. The topological polar surface area (TPSA) is 115 Å². The van der Waals surface area contributed by atoms with Crippen LogP contribution in [0.4, 0.5) is 0 Å². The van der Waals surface area contributed by atoms with Crippen LogP contribution in [0.5, 0.6) is 0 Å². The molecule has 1 N–H and O–H groups in total. The molecule has 4 rings (SSSR count). The van der Waals surface area contributed by atoms with E-state index in [1.165, 1.54) is 0 Å². The van der Waals surface area contributed by atoms with E-state index < -0.39 is 0 Å². The van der Waals surface area contributed by atoms with Gasteiger partial charge in [-0.2, -0.15) is 0 Å². The summed E-state index contributed by atoms with van der Waals surface area (Å²) in [7, 11) is 1.57. The third-order valence-electron chi connectivity index (χ3n) is 5.52. The van der Waals surface area contributed by atoms with Gasteiger partial charge in [0.15, 0.2) is 5.69 Å². The number of piperidine rings is 1. The van der Waals surface area contributed by atoms with Gasteiger partial charge in [-0.25, -0.2) is 4.68 Å². The quantitative estimate of drug-likeness (QED) is 0.562. The van der Waals surface area contributed by atoms with Gasteiger partial charge in [-0.1, -0.05) is 40.7 Å². The lowest BCUT2D eigenvalue weighted by molar-refractivity contribution is 0.0670. The third-order valence-corrected chi connectivity index (χ3v) is 5.52. The molecule has 0 saturated carbocycles. The van der Waals surface area contributed by atoms with Gasteiger partial charge in [0.1, 0.15) is 17.0 Å². The maximum atomic E-state index is 13.4. The van der Waals surface area contributed by atoms with Gasteiger partial charge in [0, 0.05) is 32.3 Å². The zero-order chi connectivity index (χ0) is 22.5. The van der Waals surface area contributed by atoms with E-state index in [1.807, 2.05) is 30.3 Å². The highest BCUT2D eigenvalue weighted by Crippen LogP contribution is 2.29. The number of nitrogens with one attached hydrogen (secondary N) is 1. The monoisotopic (exact) mass is 438 g/mol. The molecule has 0 aliphatic carbocycles. The van der Waals surface area contributed by atoms with Crippen molar-refractivity contribution in [2.45, 2.75) is 25.8 Å². The zero-order valence-corrected chi connectivity index (χ0v) is 18.2.